The minimum Gasteiger partial charge on any atom is -0.369 e. The molecule has 1 unspecified atom stereocenters. The van der Waals surface area contributed by atoms with E-state index in [0.717, 1.165) is 5.39 Å². The quantitative estimate of drug-likeness (QED) is 0.658. The number of nitrogens with zero attached hydrogens (tertiary/aromatic N) is 2. The highest BCUT2D eigenvalue weighted by Crippen LogP contribution is 2.26. The molecule has 94 valence electrons. The molecule has 2 rings (SSSR count). The number of nitro benzene ring substituents is 1. The molecule has 18 heavy (non-hydrogen) atoms. The van der Waals surface area contributed by atoms with Gasteiger partial charge in [-0.15, -0.1) is 0 Å². The summed E-state index contributed by atoms with van der Waals surface area (Å²) in [7, 11) is 0. The molecule has 0 spiro atoms. The lowest BCUT2D eigenvalue weighted by atomic mass is 10.1. The molecule has 0 aliphatic heterocycles. The number of benzene rings is 1. The van der Waals surface area contributed by atoms with Crippen molar-refractivity contribution in [1.29, 1.82) is 0 Å². The Labute approximate surface area is 103 Å². The Hall–Kier alpha value is -2.37. The molecule has 0 fully saturated rings. The standard InChI is InChI=1S/C12H13N3O3/c1-8(12(13)16)7-14-6-5-9-3-2-4-10(11(9)14)15(17)18/h2-6,8H,7H2,1H3,(H2,13,16). The molecular weight excluding hydrogens is 234 g/mol. The third kappa shape index (κ3) is 2.04. The first-order chi connectivity index (χ1) is 8.50. The number of non-ortho nitro benzene ring substituents is 1. The number of carbonyl (C=O) groups is 1. The lowest BCUT2D eigenvalue weighted by Crippen LogP contribution is -2.24. The third-order valence-corrected chi connectivity index (χ3v) is 2.92. The maximum absolute atomic E-state index is 11.1. The van der Waals surface area contributed by atoms with Gasteiger partial charge in [0.25, 0.3) is 5.69 Å². The van der Waals surface area contributed by atoms with Gasteiger partial charge in [-0.2, -0.15) is 0 Å². The third-order valence-electron chi connectivity index (χ3n) is 2.92. The Morgan fingerprint density at radius 2 is 2.22 bits per heavy atom. The first-order valence-electron chi connectivity index (χ1n) is 5.52. The molecule has 1 amide bonds. The number of fused-ring (bicyclic) bond motifs is 1. The first kappa shape index (κ1) is 12.1. The van der Waals surface area contributed by atoms with Crippen LogP contribution in [0.4, 0.5) is 5.69 Å². The van der Waals surface area contributed by atoms with Crippen molar-refractivity contribution in [3.8, 4) is 0 Å². The average molecular weight is 247 g/mol. The molecule has 1 aromatic heterocycles. The van der Waals surface area contributed by atoms with Crippen LogP contribution in [0.3, 0.4) is 0 Å². The second-order valence-electron chi connectivity index (χ2n) is 4.24. The monoisotopic (exact) mass is 247 g/mol. The van der Waals surface area contributed by atoms with Crippen molar-refractivity contribution in [2.75, 3.05) is 0 Å². The summed E-state index contributed by atoms with van der Waals surface area (Å²) in [6.45, 7) is 2.03. The zero-order valence-corrected chi connectivity index (χ0v) is 9.87. The topological polar surface area (TPSA) is 91.2 Å². The van der Waals surface area contributed by atoms with Gasteiger partial charge in [0.15, 0.2) is 0 Å². The van der Waals surface area contributed by atoms with Crippen molar-refractivity contribution < 1.29 is 9.72 Å². The Bertz CT molecular complexity index is 618. The van der Waals surface area contributed by atoms with Crippen LogP contribution in [0, 0.1) is 16.0 Å². The molecule has 1 aromatic carbocycles. The Balaban J connectivity index is 2.52. The van der Waals surface area contributed by atoms with Gasteiger partial charge in [-0.3, -0.25) is 14.9 Å². The Morgan fingerprint density at radius 1 is 1.50 bits per heavy atom. The summed E-state index contributed by atoms with van der Waals surface area (Å²) in [5, 5.41) is 11.8. The zero-order valence-electron chi connectivity index (χ0n) is 9.87. The SMILES string of the molecule is CC(Cn1ccc2cccc([N+](=O)[O-])c21)C(N)=O. The van der Waals surface area contributed by atoms with Crippen LogP contribution in [0.15, 0.2) is 30.5 Å². The molecule has 6 nitrogen and oxygen atoms in total. The molecule has 0 aliphatic carbocycles. The number of hydrogen-bond donors (Lipinski definition) is 1. The Morgan fingerprint density at radius 3 is 2.83 bits per heavy atom. The van der Waals surface area contributed by atoms with E-state index < -0.39 is 10.8 Å². The molecular formula is C12H13N3O3. The highest BCUT2D eigenvalue weighted by Gasteiger charge is 2.17. The number of nitro groups is 1. The van der Waals surface area contributed by atoms with Crippen LogP contribution in [0.1, 0.15) is 6.92 Å². The summed E-state index contributed by atoms with van der Waals surface area (Å²) < 4.78 is 1.70. The van der Waals surface area contributed by atoms with Crippen LogP contribution in [0.25, 0.3) is 10.9 Å². The second kappa shape index (κ2) is 4.48. The van der Waals surface area contributed by atoms with Crippen molar-refractivity contribution in [3.05, 3.63) is 40.6 Å². The van der Waals surface area contributed by atoms with Crippen LogP contribution in [0.5, 0.6) is 0 Å². The van der Waals surface area contributed by atoms with Crippen molar-refractivity contribution in [1.82, 2.24) is 4.57 Å². The number of primary amides is 1. The van der Waals surface area contributed by atoms with Crippen molar-refractivity contribution in [2.24, 2.45) is 11.7 Å². The smallest absolute Gasteiger partial charge is 0.293 e. The Kier molecular flexibility index (Phi) is 3.01. The second-order valence-corrected chi connectivity index (χ2v) is 4.24. The summed E-state index contributed by atoms with van der Waals surface area (Å²) in [5.74, 6) is -0.796. The molecule has 1 heterocycles. The number of para-hydroxylation sites is 1. The van der Waals surface area contributed by atoms with Gasteiger partial charge in [0.1, 0.15) is 5.52 Å². The van der Waals surface area contributed by atoms with Gasteiger partial charge in [0.2, 0.25) is 5.91 Å². The predicted octanol–water partition coefficient (Wildman–Crippen LogP) is 1.67. The number of aromatic nitrogens is 1. The zero-order chi connectivity index (χ0) is 13.3. The van der Waals surface area contributed by atoms with Crippen molar-refractivity contribution >= 4 is 22.5 Å². The fourth-order valence-corrected chi connectivity index (χ4v) is 1.93. The van der Waals surface area contributed by atoms with E-state index in [1.54, 1.807) is 35.9 Å². The van der Waals surface area contributed by atoms with E-state index in [1.807, 2.05) is 0 Å². The van der Waals surface area contributed by atoms with Crippen molar-refractivity contribution in [3.63, 3.8) is 0 Å². The van der Waals surface area contributed by atoms with Gasteiger partial charge in [0.05, 0.1) is 10.8 Å². The number of hydrogen-bond acceptors (Lipinski definition) is 3. The molecule has 0 bridgehead atoms. The van der Waals surface area contributed by atoms with E-state index in [2.05, 4.69) is 0 Å². The lowest BCUT2D eigenvalue weighted by Gasteiger charge is -2.09. The van der Waals surface area contributed by atoms with Crippen molar-refractivity contribution in [2.45, 2.75) is 13.5 Å². The van der Waals surface area contributed by atoms with Gasteiger partial charge in [-0.1, -0.05) is 19.1 Å². The first-order valence-corrected chi connectivity index (χ1v) is 5.52. The molecule has 1 atom stereocenters. The summed E-state index contributed by atoms with van der Waals surface area (Å²) >= 11 is 0. The minimum absolute atomic E-state index is 0.0363. The van der Waals surface area contributed by atoms with Crippen LogP contribution >= 0.6 is 0 Å². The molecule has 0 saturated carbocycles. The van der Waals surface area contributed by atoms with E-state index in [4.69, 9.17) is 5.73 Å². The van der Waals surface area contributed by atoms with Gasteiger partial charge >= 0.3 is 0 Å². The molecule has 2 aromatic rings. The molecule has 6 heteroatoms. The minimum atomic E-state index is -0.423. The van der Waals surface area contributed by atoms with Gasteiger partial charge in [-0.05, 0) is 6.07 Å². The number of carbonyl (C=O) groups excluding carboxylic acids is 1. The van der Waals surface area contributed by atoms with Gasteiger partial charge < -0.3 is 10.3 Å². The normalized spacial score (nSPS) is 12.5. The molecule has 0 aliphatic rings. The van der Waals surface area contributed by atoms with Gasteiger partial charge in [0, 0.05) is 24.2 Å². The van der Waals surface area contributed by atoms with E-state index in [-0.39, 0.29) is 11.6 Å². The number of amides is 1. The molecule has 2 N–H and O–H groups in total. The van der Waals surface area contributed by atoms with E-state index >= 15 is 0 Å². The largest absolute Gasteiger partial charge is 0.369 e. The highest BCUT2D eigenvalue weighted by molar-refractivity contribution is 5.88. The van der Waals surface area contributed by atoms with E-state index in [0.29, 0.717) is 12.1 Å². The average Bonchev–Trinajstić information content (AvgIpc) is 2.72. The van der Waals surface area contributed by atoms with E-state index in [1.165, 1.54) is 6.07 Å². The summed E-state index contributed by atoms with van der Waals surface area (Å²) in [5.41, 5.74) is 5.77. The fourth-order valence-electron chi connectivity index (χ4n) is 1.93. The summed E-state index contributed by atoms with van der Waals surface area (Å²) in [4.78, 5) is 21.6. The summed E-state index contributed by atoms with van der Waals surface area (Å²) in [6, 6.07) is 6.68. The van der Waals surface area contributed by atoms with Crippen LogP contribution in [-0.2, 0) is 11.3 Å². The van der Waals surface area contributed by atoms with Gasteiger partial charge in [-0.25, -0.2) is 0 Å². The van der Waals surface area contributed by atoms with E-state index in [9.17, 15) is 14.9 Å². The number of rotatable bonds is 4. The maximum Gasteiger partial charge on any atom is 0.293 e. The predicted molar refractivity (Wildman–Crippen MR) is 67.0 cm³/mol. The summed E-state index contributed by atoms with van der Waals surface area (Å²) in [6.07, 6.45) is 1.73. The fraction of sp³-hybridized carbons (Fsp3) is 0.250. The molecule has 0 saturated heterocycles. The van der Waals surface area contributed by atoms with Crippen LogP contribution < -0.4 is 5.73 Å². The lowest BCUT2D eigenvalue weighted by molar-refractivity contribution is -0.383. The number of nitrogens with two attached hydrogens (primary N) is 1. The molecule has 0 radical (unpaired) electrons. The maximum atomic E-state index is 11.1. The van der Waals surface area contributed by atoms with Crippen LogP contribution in [0.2, 0.25) is 0 Å². The highest BCUT2D eigenvalue weighted by atomic mass is 16.6. The van der Waals surface area contributed by atoms with Crippen LogP contribution in [-0.4, -0.2) is 15.4 Å².